The van der Waals surface area contributed by atoms with Crippen molar-refractivity contribution in [2.45, 2.75) is 31.8 Å². The maximum atomic E-state index is 10.8. The molecule has 1 saturated carbocycles. The Balaban J connectivity index is 1.42. The molecule has 29 heavy (non-hydrogen) atoms. The van der Waals surface area contributed by atoms with Gasteiger partial charge in [0, 0.05) is 27.6 Å². The Hall–Kier alpha value is -2.75. The minimum absolute atomic E-state index is 0.0737. The monoisotopic (exact) mass is 499 g/mol. The van der Waals surface area contributed by atoms with E-state index in [2.05, 4.69) is 61.4 Å². The molecule has 3 aromatic heterocycles. The summed E-state index contributed by atoms with van der Waals surface area (Å²) in [6, 6.07) is 10.9. The molecule has 146 valence electrons. The topological polar surface area (TPSA) is 85.8 Å². The van der Waals surface area contributed by atoms with E-state index in [0.717, 1.165) is 22.6 Å². The molecule has 0 saturated heterocycles. The third kappa shape index (κ3) is 3.76. The standard InChI is InChI=1S/C21H18IN5O2/c22-14-2-6-18-19(7-14)27(17-4-5-17)21(25-18)13-1-3-15(23-9-13)10-26-11-16(24-12-26)8-20(28)29/h1-3,6-7,9,11-12,17H,4-5,8,10H2,(H,28,29). The Labute approximate surface area is 180 Å². The molecule has 1 aliphatic carbocycles. The Morgan fingerprint density at radius 3 is 2.76 bits per heavy atom. The molecule has 0 aliphatic heterocycles. The van der Waals surface area contributed by atoms with Crippen molar-refractivity contribution in [1.82, 2.24) is 24.1 Å². The van der Waals surface area contributed by atoms with Crippen molar-refractivity contribution in [3.05, 3.63) is 64.0 Å². The van der Waals surface area contributed by atoms with E-state index in [-0.39, 0.29) is 6.42 Å². The zero-order valence-electron chi connectivity index (χ0n) is 15.5. The van der Waals surface area contributed by atoms with E-state index in [9.17, 15) is 4.79 Å². The van der Waals surface area contributed by atoms with Crippen molar-refractivity contribution >= 4 is 39.6 Å². The van der Waals surface area contributed by atoms with Gasteiger partial charge in [0.05, 0.1) is 41.7 Å². The summed E-state index contributed by atoms with van der Waals surface area (Å²) in [5.74, 6) is 0.0842. The lowest BCUT2D eigenvalue weighted by atomic mass is 10.2. The van der Waals surface area contributed by atoms with Crippen LogP contribution in [-0.2, 0) is 17.8 Å². The lowest BCUT2D eigenvalue weighted by Crippen LogP contribution is -2.02. The summed E-state index contributed by atoms with van der Waals surface area (Å²) < 4.78 is 5.41. The van der Waals surface area contributed by atoms with Crippen LogP contribution in [-0.4, -0.2) is 35.2 Å². The average molecular weight is 499 g/mol. The number of rotatable bonds is 6. The number of fused-ring (bicyclic) bond motifs is 1. The van der Waals surface area contributed by atoms with Crippen LogP contribution in [0.4, 0.5) is 0 Å². The summed E-state index contributed by atoms with van der Waals surface area (Å²) in [4.78, 5) is 24.4. The number of benzene rings is 1. The SMILES string of the molecule is O=C(O)Cc1cn(Cc2ccc(-c3nc4ccc(I)cc4n3C3CC3)cn2)cn1. The molecule has 1 aliphatic rings. The largest absolute Gasteiger partial charge is 0.481 e. The number of nitrogens with zero attached hydrogens (tertiary/aromatic N) is 5. The van der Waals surface area contributed by atoms with E-state index in [4.69, 9.17) is 10.1 Å². The van der Waals surface area contributed by atoms with Crippen molar-refractivity contribution < 1.29 is 9.90 Å². The maximum Gasteiger partial charge on any atom is 0.309 e. The first kappa shape index (κ1) is 18.3. The quantitative estimate of drug-likeness (QED) is 0.407. The van der Waals surface area contributed by atoms with Crippen molar-refractivity contribution in [2.24, 2.45) is 0 Å². The Kier molecular flexibility index (Phi) is 4.57. The molecule has 5 rings (SSSR count). The number of pyridine rings is 1. The highest BCUT2D eigenvalue weighted by molar-refractivity contribution is 14.1. The molecule has 1 fully saturated rings. The minimum atomic E-state index is -0.883. The van der Waals surface area contributed by atoms with Crippen molar-refractivity contribution in [2.75, 3.05) is 0 Å². The summed E-state index contributed by atoms with van der Waals surface area (Å²) in [6.45, 7) is 0.546. The Morgan fingerprint density at radius 2 is 2.03 bits per heavy atom. The van der Waals surface area contributed by atoms with Crippen LogP contribution in [0.2, 0.25) is 0 Å². The molecule has 0 amide bonds. The first-order valence-corrected chi connectivity index (χ1v) is 10.5. The number of hydrogen-bond donors (Lipinski definition) is 1. The number of aliphatic carboxylic acids is 1. The van der Waals surface area contributed by atoms with Gasteiger partial charge < -0.3 is 14.2 Å². The fourth-order valence-corrected chi connectivity index (χ4v) is 4.02. The molecule has 0 spiro atoms. The smallest absolute Gasteiger partial charge is 0.309 e. The normalized spacial score (nSPS) is 13.8. The van der Waals surface area contributed by atoms with E-state index in [1.807, 2.05) is 16.8 Å². The molecule has 0 atom stereocenters. The van der Waals surface area contributed by atoms with Gasteiger partial charge in [-0.1, -0.05) is 0 Å². The molecule has 8 heteroatoms. The van der Waals surface area contributed by atoms with Crippen LogP contribution in [0.25, 0.3) is 22.4 Å². The zero-order chi connectivity index (χ0) is 20.0. The number of hydrogen-bond acceptors (Lipinski definition) is 4. The minimum Gasteiger partial charge on any atom is -0.481 e. The second-order valence-corrected chi connectivity index (χ2v) is 8.56. The van der Waals surface area contributed by atoms with Crippen LogP contribution in [0.3, 0.4) is 0 Å². The molecular weight excluding hydrogens is 481 g/mol. The van der Waals surface area contributed by atoms with Crippen LogP contribution < -0.4 is 0 Å². The number of halogens is 1. The van der Waals surface area contributed by atoms with Gasteiger partial charge in [-0.15, -0.1) is 0 Å². The van der Waals surface area contributed by atoms with E-state index in [0.29, 0.717) is 18.3 Å². The average Bonchev–Trinajstić information content (AvgIpc) is 3.33. The van der Waals surface area contributed by atoms with Crippen molar-refractivity contribution in [3.8, 4) is 11.4 Å². The molecular formula is C21H18IN5O2. The number of carbonyl (C=O) groups is 1. The lowest BCUT2D eigenvalue weighted by molar-refractivity contribution is -0.136. The van der Waals surface area contributed by atoms with Gasteiger partial charge in [0.2, 0.25) is 0 Å². The summed E-state index contributed by atoms with van der Waals surface area (Å²) in [5.41, 5.74) is 4.63. The van der Waals surface area contributed by atoms with E-state index >= 15 is 0 Å². The molecule has 4 aromatic rings. The highest BCUT2D eigenvalue weighted by atomic mass is 127. The number of carboxylic acid groups (broad SMARTS) is 1. The van der Waals surface area contributed by atoms with Gasteiger partial charge in [-0.25, -0.2) is 9.97 Å². The van der Waals surface area contributed by atoms with Crippen LogP contribution >= 0.6 is 22.6 Å². The van der Waals surface area contributed by atoms with Gasteiger partial charge in [0.15, 0.2) is 0 Å². The van der Waals surface area contributed by atoms with Crippen LogP contribution in [0, 0.1) is 3.57 Å². The van der Waals surface area contributed by atoms with Crippen LogP contribution in [0.5, 0.6) is 0 Å². The molecule has 1 N–H and O–H groups in total. The molecule has 7 nitrogen and oxygen atoms in total. The molecule has 1 aromatic carbocycles. The molecule has 0 unspecified atom stereocenters. The third-order valence-electron chi connectivity index (χ3n) is 5.01. The first-order chi connectivity index (χ1) is 14.1. The predicted molar refractivity (Wildman–Crippen MR) is 117 cm³/mol. The van der Waals surface area contributed by atoms with Gasteiger partial charge in [0.1, 0.15) is 5.82 Å². The van der Waals surface area contributed by atoms with Crippen LogP contribution in [0.1, 0.15) is 30.3 Å². The maximum absolute atomic E-state index is 10.8. The Morgan fingerprint density at radius 1 is 1.17 bits per heavy atom. The Bertz CT molecular complexity index is 1210. The van der Waals surface area contributed by atoms with Gasteiger partial charge in [-0.05, 0) is 65.8 Å². The van der Waals surface area contributed by atoms with E-state index in [1.165, 1.54) is 21.9 Å². The fourth-order valence-electron chi connectivity index (χ4n) is 3.55. The molecule has 3 heterocycles. The summed E-state index contributed by atoms with van der Waals surface area (Å²) >= 11 is 2.34. The molecule has 0 bridgehead atoms. The van der Waals surface area contributed by atoms with Gasteiger partial charge in [-0.2, -0.15) is 0 Å². The number of imidazole rings is 2. The van der Waals surface area contributed by atoms with Crippen molar-refractivity contribution in [3.63, 3.8) is 0 Å². The zero-order valence-corrected chi connectivity index (χ0v) is 17.7. The van der Waals surface area contributed by atoms with Gasteiger partial charge in [0.25, 0.3) is 0 Å². The van der Waals surface area contributed by atoms with Crippen molar-refractivity contribution in [1.29, 1.82) is 0 Å². The summed E-state index contributed by atoms with van der Waals surface area (Å²) in [7, 11) is 0. The number of aromatic nitrogens is 5. The third-order valence-corrected chi connectivity index (χ3v) is 5.68. The second-order valence-electron chi connectivity index (χ2n) is 7.32. The van der Waals surface area contributed by atoms with Gasteiger partial charge >= 0.3 is 5.97 Å². The van der Waals surface area contributed by atoms with E-state index in [1.54, 1.807) is 12.5 Å². The first-order valence-electron chi connectivity index (χ1n) is 9.42. The van der Waals surface area contributed by atoms with Crippen LogP contribution in [0.15, 0.2) is 49.1 Å². The van der Waals surface area contributed by atoms with E-state index < -0.39 is 5.97 Å². The summed E-state index contributed by atoms with van der Waals surface area (Å²) in [5, 5.41) is 8.87. The number of carboxylic acids is 1. The molecule has 0 radical (unpaired) electrons. The highest BCUT2D eigenvalue weighted by Crippen LogP contribution is 2.41. The van der Waals surface area contributed by atoms with Gasteiger partial charge in [-0.3, -0.25) is 9.78 Å². The fraction of sp³-hybridized carbons (Fsp3) is 0.238. The predicted octanol–water partition coefficient (Wildman–Crippen LogP) is 3.91. The lowest BCUT2D eigenvalue weighted by Gasteiger charge is -2.08. The summed E-state index contributed by atoms with van der Waals surface area (Å²) in [6.07, 6.45) is 7.56. The highest BCUT2D eigenvalue weighted by Gasteiger charge is 2.28. The second kappa shape index (κ2) is 7.25.